The highest BCUT2D eigenvalue weighted by Gasteiger charge is 2.39. The first-order valence-corrected chi connectivity index (χ1v) is 9.66. The lowest BCUT2D eigenvalue weighted by Crippen LogP contribution is -2.53. The van der Waals surface area contributed by atoms with Crippen LogP contribution in [0.25, 0.3) is 0 Å². The van der Waals surface area contributed by atoms with E-state index in [1.807, 2.05) is 13.8 Å². The number of carbonyl (C=O) groups is 2. The fraction of sp³-hybridized carbons (Fsp3) is 0.600. The Hall–Kier alpha value is -2.08. The lowest BCUT2D eigenvalue weighted by Gasteiger charge is -2.45. The minimum atomic E-state index is -0.247. The molecule has 2 saturated carbocycles. The first-order chi connectivity index (χ1) is 12.4. The van der Waals surface area contributed by atoms with Gasteiger partial charge in [-0.3, -0.25) is 4.79 Å². The zero-order valence-corrected chi connectivity index (χ0v) is 15.6. The normalized spacial score (nSPS) is 27.7. The van der Waals surface area contributed by atoms with Gasteiger partial charge < -0.3 is 21.7 Å². The standard InChI is InChI=1S/C20H30N4O2/c1-12(2)22-20(26)23-17-8-6-13(7-9-17)19(25)24-18-14-4-3-5-15(18)11-16(21)10-14/h6-9,12,14-16,18H,3-5,10-11,21H2,1-2H3,(H,24,25)(H2,22,23,26). The monoisotopic (exact) mass is 358 g/mol. The fourth-order valence-electron chi connectivity index (χ4n) is 4.39. The van der Waals surface area contributed by atoms with E-state index in [1.54, 1.807) is 24.3 Å². The van der Waals surface area contributed by atoms with Crippen molar-refractivity contribution < 1.29 is 9.59 Å². The third-order valence-corrected chi connectivity index (χ3v) is 5.50. The van der Waals surface area contributed by atoms with Gasteiger partial charge in [0.25, 0.3) is 5.91 Å². The van der Waals surface area contributed by atoms with Crippen LogP contribution >= 0.6 is 0 Å². The predicted molar refractivity (Wildman–Crippen MR) is 103 cm³/mol. The number of urea groups is 1. The van der Waals surface area contributed by atoms with Gasteiger partial charge in [0.2, 0.25) is 0 Å². The summed E-state index contributed by atoms with van der Waals surface area (Å²) in [4.78, 5) is 24.4. The topological polar surface area (TPSA) is 96.2 Å². The molecule has 26 heavy (non-hydrogen) atoms. The third-order valence-electron chi connectivity index (χ3n) is 5.50. The molecular formula is C20H30N4O2. The average molecular weight is 358 g/mol. The summed E-state index contributed by atoms with van der Waals surface area (Å²) >= 11 is 0. The van der Waals surface area contributed by atoms with Crippen LogP contribution in [0.15, 0.2) is 24.3 Å². The van der Waals surface area contributed by atoms with Crippen LogP contribution in [0.5, 0.6) is 0 Å². The second kappa shape index (κ2) is 8.08. The molecule has 2 unspecified atom stereocenters. The van der Waals surface area contributed by atoms with Crippen molar-refractivity contribution in [3.63, 3.8) is 0 Å². The summed E-state index contributed by atoms with van der Waals surface area (Å²) in [6.07, 6.45) is 5.57. The molecule has 0 saturated heterocycles. The number of nitrogens with one attached hydrogen (secondary N) is 3. The SMILES string of the molecule is CC(C)NC(=O)Nc1ccc(C(=O)NC2C3CCCC2CC(N)C3)cc1. The van der Waals surface area contributed by atoms with Crippen LogP contribution in [0, 0.1) is 11.8 Å². The van der Waals surface area contributed by atoms with Gasteiger partial charge in [-0.25, -0.2) is 4.79 Å². The van der Waals surface area contributed by atoms with Crippen LogP contribution in [0.3, 0.4) is 0 Å². The Labute approximate surface area is 155 Å². The smallest absolute Gasteiger partial charge is 0.319 e. The molecule has 0 aromatic heterocycles. The quantitative estimate of drug-likeness (QED) is 0.666. The zero-order valence-electron chi connectivity index (χ0n) is 15.6. The molecule has 1 aromatic rings. The summed E-state index contributed by atoms with van der Waals surface area (Å²) in [7, 11) is 0. The van der Waals surface area contributed by atoms with E-state index in [-0.39, 0.29) is 30.1 Å². The van der Waals surface area contributed by atoms with Gasteiger partial charge in [0.15, 0.2) is 0 Å². The molecule has 6 heteroatoms. The first kappa shape index (κ1) is 18.7. The van der Waals surface area contributed by atoms with Gasteiger partial charge in [0.05, 0.1) is 0 Å². The molecule has 142 valence electrons. The van der Waals surface area contributed by atoms with Crippen LogP contribution in [0.2, 0.25) is 0 Å². The molecule has 1 aromatic carbocycles. The van der Waals surface area contributed by atoms with E-state index in [4.69, 9.17) is 5.73 Å². The van der Waals surface area contributed by atoms with Crippen LogP contribution < -0.4 is 21.7 Å². The Morgan fingerprint density at radius 1 is 1.08 bits per heavy atom. The van der Waals surface area contributed by atoms with Crippen molar-refractivity contribution in [3.05, 3.63) is 29.8 Å². The molecule has 0 heterocycles. The second-order valence-electron chi connectivity index (χ2n) is 8.01. The van der Waals surface area contributed by atoms with Crippen LogP contribution in [-0.2, 0) is 0 Å². The number of carbonyl (C=O) groups excluding carboxylic acids is 2. The highest BCUT2D eigenvalue weighted by molar-refractivity contribution is 5.95. The molecule has 3 amide bonds. The summed E-state index contributed by atoms with van der Waals surface area (Å²) in [5.41, 5.74) is 7.45. The second-order valence-corrected chi connectivity index (χ2v) is 8.01. The molecule has 0 spiro atoms. The number of hydrogen-bond donors (Lipinski definition) is 4. The Morgan fingerprint density at radius 3 is 2.27 bits per heavy atom. The number of amides is 3. The Morgan fingerprint density at radius 2 is 1.69 bits per heavy atom. The van der Waals surface area contributed by atoms with Crippen molar-refractivity contribution in [2.75, 3.05) is 5.32 Å². The van der Waals surface area contributed by atoms with Gasteiger partial charge >= 0.3 is 6.03 Å². The van der Waals surface area contributed by atoms with Crippen molar-refractivity contribution in [2.45, 2.75) is 64.1 Å². The average Bonchev–Trinajstić information content (AvgIpc) is 2.55. The maximum absolute atomic E-state index is 12.7. The highest BCUT2D eigenvalue weighted by Crippen LogP contribution is 2.39. The van der Waals surface area contributed by atoms with Gasteiger partial charge in [0, 0.05) is 29.4 Å². The number of nitrogens with two attached hydrogens (primary N) is 1. The largest absolute Gasteiger partial charge is 0.349 e. The number of fused-ring (bicyclic) bond motifs is 2. The molecule has 2 aliphatic rings. The zero-order chi connectivity index (χ0) is 18.7. The van der Waals surface area contributed by atoms with Crippen LogP contribution in [0.1, 0.15) is 56.3 Å². The fourth-order valence-corrected chi connectivity index (χ4v) is 4.39. The van der Waals surface area contributed by atoms with E-state index in [1.165, 1.54) is 6.42 Å². The molecule has 5 N–H and O–H groups in total. The third kappa shape index (κ3) is 4.55. The highest BCUT2D eigenvalue weighted by atomic mass is 16.2. The van der Waals surface area contributed by atoms with Crippen molar-refractivity contribution in [2.24, 2.45) is 17.6 Å². The van der Waals surface area contributed by atoms with Crippen molar-refractivity contribution in [1.29, 1.82) is 0 Å². The van der Waals surface area contributed by atoms with Crippen LogP contribution in [0.4, 0.5) is 10.5 Å². The molecule has 2 bridgehead atoms. The molecule has 0 radical (unpaired) electrons. The van der Waals surface area contributed by atoms with E-state index >= 15 is 0 Å². The minimum Gasteiger partial charge on any atom is -0.349 e. The van der Waals surface area contributed by atoms with Crippen molar-refractivity contribution in [3.8, 4) is 0 Å². The molecule has 2 aliphatic carbocycles. The first-order valence-electron chi connectivity index (χ1n) is 9.66. The molecule has 2 fully saturated rings. The number of anilines is 1. The van der Waals surface area contributed by atoms with Gasteiger partial charge in [-0.1, -0.05) is 6.42 Å². The molecular weight excluding hydrogens is 328 g/mol. The molecule has 3 rings (SSSR count). The minimum absolute atomic E-state index is 0.0412. The number of hydrogen-bond acceptors (Lipinski definition) is 3. The molecule has 0 aliphatic heterocycles. The van der Waals surface area contributed by atoms with Gasteiger partial charge in [0.1, 0.15) is 0 Å². The summed E-state index contributed by atoms with van der Waals surface area (Å²) in [5.74, 6) is 0.963. The maximum Gasteiger partial charge on any atom is 0.319 e. The Kier molecular flexibility index (Phi) is 5.81. The van der Waals surface area contributed by atoms with E-state index < -0.39 is 0 Å². The summed E-state index contributed by atoms with van der Waals surface area (Å²) in [6.45, 7) is 3.81. The number of benzene rings is 1. The lowest BCUT2D eigenvalue weighted by atomic mass is 9.67. The van der Waals surface area contributed by atoms with Gasteiger partial charge in [-0.2, -0.15) is 0 Å². The summed E-state index contributed by atoms with van der Waals surface area (Å²) < 4.78 is 0. The van der Waals surface area contributed by atoms with Crippen molar-refractivity contribution >= 4 is 17.6 Å². The summed E-state index contributed by atoms with van der Waals surface area (Å²) in [5, 5.41) is 8.78. The molecule has 2 atom stereocenters. The van der Waals surface area contributed by atoms with E-state index in [9.17, 15) is 9.59 Å². The maximum atomic E-state index is 12.7. The molecule has 6 nitrogen and oxygen atoms in total. The lowest BCUT2D eigenvalue weighted by molar-refractivity contribution is 0.0756. The summed E-state index contributed by atoms with van der Waals surface area (Å²) in [6, 6.07) is 7.37. The Bertz CT molecular complexity index is 630. The van der Waals surface area contributed by atoms with Crippen molar-refractivity contribution in [1.82, 2.24) is 10.6 Å². The number of rotatable bonds is 4. The van der Waals surface area contributed by atoms with Crippen LogP contribution in [-0.4, -0.2) is 30.1 Å². The predicted octanol–water partition coefficient (Wildman–Crippen LogP) is 2.85. The van der Waals surface area contributed by atoms with E-state index in [0.29, 0.717) is 23.1 Å². The Balaban J connectivity index is 1.59. The van der Waals surface area contributed by atoms with Gasteiger partial charge in [-0.15, -0.1) is 0 Å². The van der Waals surface area contributed by atoms with Gasteiger partial charge in [-0.05, 0) is 75.6 Å². The van der Waals surface area contributed by atoms with E-state index in [2.05, 4.69) is 16.0 Å². The van der Waals surface area contributed by atoms with E-state index in [0.717, 1.165) is 25.7 Å².